The van der Waals surface area contributed by atoms with Crippen LogP contribution in [0.5, 0.6) is 0 Å². The van der Waals surface area contributed by atoms with Crippen LogP contribution in [-0.4, -0.2) is 38.3 Å². The summed E-state index contributed by atoms with van der Waals surface area (Å²) in [6, 6.07) is 11.9. The lowest BCUT2D eigenvalue weighted by molar-refractivity contribution is 0.159. The van der Waals surface area contributed by atoms with E-state index in [0.717, 1.165) is 38.4 Å². The van der Waals surface area contributed by atoms with Gasteiger partial charge in [-0.25, -0.2) is 12.8 Å². The molecule has 4 rings (SSSR count). The van der Waals surface area contributed by atoms with Crippen LogP contribution < -0.4 is 5.32 Å². The van der Waals surface area contributed by atoms with E-state index in [0.29, 0.717) is 13.1 Å². The Labute approximate surface area is 170 Å². The molecule has 0 aromatic heterocycles. The number of halogens is 2. The van der Waals surface area contributed by atoms with Gasteiger partial charge in [-0.15, -0.1) is 0 Å². The van der Waals surface area contributed by atoms with Gasteiger partial charge < -0.3 is 5.32 Å². The number of nitrogens with one attached hydrogen (secondary N) is 1. The van der Waals surface area contributed by atoms with Crippen molar-refractivity contribution >= 4 is 21.4 Å². The number of sulfone groups is 1. The summed E-state index contributed by atoms with van der Waals surface area (Å²) in [7, 11) is -3.70. The van der Waals surface area contributed by atoms with E-state index in [1.54, 1.807) is 0 Å². The topological polar surface area (TPSA) is 49.4 Å². The Kier molecular flexibility index (Phi) is 5.74. The number of rotatable bonds is 4. The molecule has 2 aromatic carbocycles. The minimum atomic E-state index is -3.70. The van der Waals surface area contributed by atoms with E-state index in [4.69, 9.17) is 11.6 Å². The first-order chi connectivity index (χ1) is 13.5. The lowest BCUT2D eigenvalue weighted by atomic mass is 9.94. The van der Waals surface area contributed by atoms with Crippen LogP contribution in [0.25, 0.3) is 0 Å². The molecule has 7 heteroatoms. The molecular weight excluding hydrogens is 399 g/mol. The Bertz CT molecular complexity index is 961. The van der Waals surface area contributed by atoms with Gasteiger partial charge in [-0.2, -0.15) is 0 Å². The molecule has 0 amide bonds. The summed E-state index contributed by atoms with van der Waals surface area (Å²) in [5, 5.41) is 2.52. The molecule has 150 valence electrons. The van der Waals surface area contributed by atoms with Crippen LogP contribution in [0.1, 0.15) is 24.0 Å². The normalized spacial score (nSPS) is 19.9. The van der Waals surface area contributed by atoms with E-state index in [2.05, 4.69) is 22.3 Å². The van der Waals surface area contributed by atoms with Crippen molar-refractivity contribution in [1.29, 1.82) is 0 Å². The van der Waals surface area contributed by atoms with Gasteiger partial charge in [0.2, 0.25) is 0 Å². The lowest BCUT2D eigenvalue weighted by Gasteiger charge is -2.40. The van der Waals surface area contributed by atoms with Gasteiger partial charge in [0, 0.05) is 13.1 Å². The van der Waals surface area contributed by atoms with Gasteiger partial charge in [-0.3, -0.25) is 4.90 Å². The first kappa shape index (κ1) is 19.8. The van der Waals surface area contributed by atoms with Crippen molar-refractivity contribution in [3.05, 3.63) is 64.4 Å². The number of hydrogen-bond acceptors (Lipinski definition) is 4. The average molecular weight is 423 g/mol. The maximum atomic E-state index is 13.7. The summed E-state index contributed by atoms with van der Waals surface area (Å²) >= 11 is 5.90. The minimum absolute atomic E-state index is 0.0281. The summed E-state index contributed by atoms with van der Waals surface area (Å²) in [5.74, 6) is -0.578. The molecule has 0 saturated carbocycles. The van der Waals surface area contributed by atoms with Crippen molar-refractivity contribution in [2.45, 2.75) is 36.1 Å². The summed E-state index contributed by atoms with van der Waals surface area (Å²) < 4.78 is 40.9. The maximum absolute atomic E-state index is 13.7. The van der Waals surface area contributed by atoms with Crippen LogP contribution in [0.15, 0.2) is 47.4 Å². The number of nitrogens with zero attached hydrogens (tertiary/aromatic N) is 1. The van der Waals surface area contributed by atoms with Crippen molar-refractivity contribution < 1.29 is 12.8 Å². The third-order valence-electron chi connectivity index (χ3n) is 5.84. The number of piperidine rings is 1. The molecule has 0 aliphatic carbocycles. The van der Waals surface area contributed by atoms with Crippen molar-refractivity contribution in [2.75, 3.05) is 19.6 Å². The molecule has 2 heterocycles. The predicted octanol–water partition coefficient (Wildman–Crippen LogP) is 3.64. The van der Waals surface area contributed by atoms with Crippen molar-refractivity contribution in [3.63, 3.8) is 0 Å². The molecule has 0 spiro atoms. The summed E-state index contributed by atoms with van der Waals surface area (Å²) in [4.78, 5) is 2.19. The van der Waals surface area contributed by atoms with Gasteiger partial charge in [0.15, 0.2) is 9.84 Å². The Morgan fingerprint density at radius 3 is 2.54 bits per heavy atom. The number of hydrogen-bond donors (Lipinski definition) is 1. The number of fused-ring (bicyclic) bond motifs is 1. The van der Waals surface area contributed by atoms with Crippen molar-refractivity contribution in [2.24, 2.45) is 5.92 Å². The van der Waals surface area contributed by atoms with E-state index in [9.17, 15) is 12.8 Å². The van der Waals surface area contributed by atoms with Crippen LogP contribution in [0.2, 0.25) is 5.02 Å². The zero-order chi connectivity index (χ0) is 19.7. The molecule has 2 aliphatic rings. The molecule has 1 fully saturated rings. The SMILES string of the molecule is O=S(=O)(c1ccc(F)c(Cl)c1)C(C1CCNCC1)N1CCc2ccccc2C1. The standard InChI is InChI=1S/C21H24ClFN2O2S/c22-19-13-18(5-6-20(19)23)28(26,27)21(16-7-10-24-11-8-16)25-12-9-15-3-1-2-4-17(15)14-25/h1-6,13,16,21,24H,7-12,14H2. The number of benzene rings is 2. The fourth-order valence-corrected chi connectivity index (χ4v) is 6.82. The smallest absolute Gasteiger partial charge is 0.194 e. The molecule has 4 nitrogen and oxygen atoms in total. The summed E-state index contributed by atoms with van der Waals surface area (Å²) in [6.07, 6.45) is 2.44. The van der Waals surface area contributed by atoms with E-state index in [-0.39, 0.29) is 15.8 Å². The highest BCUT2D eigenvalue weighted by atomic mass is 35.5. The fraction of sp³-hybridized carbons (Fsp3) is 0.429. The Morgan fingerprint density at radius 1 is 1.11 bits per heavy atom. The summed E-state index contributed by atoms with van der Waals surface area (Å²) in [6.45, 7) is 2.93. The molecular formula is C21H24ClFN2O2S. The second-order valence-corrected chi connectivity index (χ2v) is 10.0. The largest absolute Gasteiger partial charge is 0.317 e. The lowest BCUT2D eigenvalue weighted by Crippen LogP contribution is -2.50. The van der Waals surface area contributed by atoms with Gasteiger partial charge in [0.05, 0.1) is 9.92 Å². The van der Waals surface area contributed by atoms with Crippen LogP contribution in [0.4, 0.5) is 4.39 Å². The molecule has 1 unspecified atom stereocenters. The first-order valence-corrected chi connectivity index (χ1v) is 11.6. The van der Waals surface area contributed by atoms with Crippen LogP contribution in [0.3, 0.4) is 0 Å². The van der Waals surface area contributed by atoms with E-state index >= 15 is 0 Å². The molecule has 2 aromatic rings. The third kappa shape index (κ3) is 3.83. The zero-order valence-corrected chi connectivity index (χ0v) is 17.1. The quantitative estimate of drug-likeness (QED) is 0.764. The third-order valence-corrected chi connectivity index (χ3v) is 8.36. The van der Waals surface area contributed by atoms with E-state index in [1.807, 2.05) is 12.1 Å². The Morgan fingerprint density at radius 2 is 1.82 bits per heavy atom. The molecule has 1 atom stereocenters. The summed E-state index contributed by atoms with van der Waals surface area (Å²) in [5.41, 5.74) is 2.46. The van der Waals surface area contributed by atoms with Crippen LogP contribution >= 0.6 is 11.6 Å². The van der Waals surface area contributed by atoms with Gasteiger partial charge in [0.25, 0.3) is 0 Å². The van der Waals surface area contributed by atoms with Gasteiger partial charge in [-0.1, -0.05) is 35.9 Å². The highest BCUT2D eigenvalue weighted by Gasteiger charge is 2.40. The van der Waals surface area contributed by atoms with Crippen LogP contribution in [0, 0.1) is 11.7 Å². The van der Waals surface area contributed by atoms with Gasteiger partial charge in [-0.05, 0) is 67.6 Å². The average Bonchev–Trinajstić information content (AvgIpc) is 2.70. The van der Waals surface area contributed by atoms with Crippen molar-refractivity contribution in [1.82, 2.24) is 10.2 Å². The molecule has 0 radical (unpaired) electrons. The zero-order valence-electron chi connectivity index (χ0n) is 15.6. The molecule has 0 bridgehead atoms. The monoisotopic (exact) mass is 422 g/mol. The van der Waals surface area contributed by atoms with E-state index in [1.165, 1.54) is 23.3 Å². The van der Waals surface area contributed by atoms with E-state index < -0.39 is 21.0 Å². The van der Waals surface area contributed by atoms with Gasteiger partial charge in [0.1, 0.15) is 11.2 Å². The predicted molar refractivity (Wildman–Crippen MR) is 109 cm³/mol. The molecule has 2 aliphatic heterocycles. The molecule has 28 heavy (non-hydrogen) atoms. The van der Waals surface area contributed by atoms with Gasteiger partial charge >= 0.3 is 0 Å². The molecule has 1 saturated heterocycles. The molecule has 1 N–H and O–H groups in total. The maximum Gasteiger partial charge on any atom is 0.194 e. The first-order valence-electron chi connectivity index (χ1n) is 9.67. The highest BCUT2D eigenvalue weighted by molar-refractivity contribution is 7.92. The minimum Gasteiger partial charge on any atom is -0.317 e. The Hall–Kier alpha value is -1.47. The highest BCUT2D eigenvalue weighted by Crippen LogP contribution is 2.34. The van der Waals surface area contributed by atoms with Crippen LogP contribution in [-0.2, 0) is 22.8 Å². The second-order valence-electron chi connectivity index (χ2n) is 7.59. The van der Waals surface area contributed by atoms with Crippen molar-refractivity contribution in [3.8, 4) is 0 Å². The Balaban J connectivity index is 1.72. The fourth-order valence-electron chi connectivity index (χ4n) is 4.41. The second kappa shape index (κ2) is 8.11.